The van der Waals surface area contributed by atoms with Crippen molar-refractivity contribution in [2.24, 2.45) is 23.2 Å². The zero-order valence-corrected chi connectivity index (χ0v) is 12.3. The molecule has 0 aromatic carbocycles. The van der Waals surface area contributed by atoms with Gasteiger partial charge in [0, 0.05) is 6.42 Å². The topological polar surface area (TPSA) is 37.3 Å². The summed E-state index contributed by atoms with van der Waals surface area (Å²) < 4.78 is 0. The summed E-state index contributed by atoms with van der Waals surface area (Å²) in [5.41, 5.74) is 0.654. The Kier molecular flexibility index (Phi) is 2.61. The van der Waals surface area contributed by atoms with Crippen LogP contribution < -0.4 is 0 Å². The third kappa shape index (κ3) is 1.57. The van der Waals surface area contributed by atoms with E-state index in [0.29, 0.717) is 30.1 Å². The zero-order valence-electron chi connectivity index (χ0n) is 12.3. The SMILES string of the molecule is C[C@@]12CCC[C@H]1[C@@H]1C=CC3=CC(=O)CCC3(O)[C@H]1CC2. The highest BCUT2D eigenvalue weighted by molar-refractivity contribution is 5.92. The molecule has 0 saturated heterocycles. The Morgan fingerprint density at radius 1 is 1.20 bits per heavy atom. The fourth-order valence-corrected chi connectivity index (χ4v) is 5.65. The van der Waals surface area contributed by atoms with Crippen molar-refractivity contribution >= 4 is 5.78 Å². The van der Waals surface area contributed by atoms with Crippen LogP contribution in [0, 0.1) is 23.2 Å². The van der Waals surface area contributed by atoms with E-state index in [2.05, 4.69) is 19.1 Å². The Morgan fingerprint density at radius 2 is 2.05 bits per heavy atom. The van der Waals surface area contributed by atoms with E-state index in [4.69, 9.17) is 0 Å². The zero-order chi connectivity index (χ0) is 14.0. The fraction of sp³-hybridized carbons (Fsp3) is 0.722. The van der Waals surface area contributed by atoms with E-state index in [1.807, 2.05) is 0 Å². The maximum Gasteiger partial charge on any atom is 0.156 e. The first-order valence-electron chi connectivity index (χ1n) is 8.19. The van der Waals surface area contributed by atoms with Crippen LogP contribution >= 0.6 is 0 Å². The van der Waals surface area contributed by atoms with Gasteiger partial charge in [-0.05, 0) is 66.9 Å². The predicted octanol–water partition coefficient (Wildman–Crippen LogP) is 3.41. The highest BCUT2D eigenvalue weighted by Gasteiger charge is 2.55. The minimum Gasteiger partial charge on any atom is -0.385 e. The summed E-state index contributed by atoms with van der Waals surface area (Å²) in [5.74, 6) is 1.77. The lowest BCUT2D eigenvalue weighted by Crippen LogP contribution is -2.52. The maximum absolute atomic E-state index is 11.6. The van der Waals surface area contributed by atoms with Gasteiger partial charge in [0.2, 0.25) is 0 Å². The van der Waals surface area contributed by atoms with E-state index in [0.717, 1.165) is 17.9 Å². The summed E-state index contributed by atoms with van der Waals surface area (Å²) in [7, 11) is 0. The monoisotopic (exact) mass is 272 g/mol. The summed E-state index contributed by atoms with van der Waals surface area (Å²) in [6, 6.07) is 0. The minimum absolute atomic E-state index is 0.175. The number of carbonyl (C=O) groups excluding carboxylic acids is 1. The number of allylic oxidation sites excluding steroid dienone is 2. The number of fused-ring (bicyclic) bond motifs is 5. The largest absolute Gasteiger partial charge is 0.385 e. The third-order valence-electron chi connectivity index (χ3n) is 6.79. The van der Waals surface area contributed by atoms with E-state index < -0.39 is 5.60 Å². The molecule has 2 fully saturated rings. The summed E-state index contributed by atoms with van der Waals surface area (Å²) >= 11 is 0. The Morgan fingerprint density at radius 3 is 2.90 bits per heavy atom. The molecule has 1 N–H and O–H groups in total. The van der Waals surface area contributed by atoms with Gasteiger partial charge in [-0.3, -0.25) is 4.79 Å². The minimum atomic E-state index is -0.725. The molecule has 4 aliphatic carbocycles. The number of aliphatic hydroxyl groups is 1. The van der Waals surface area contributed by atoms with Crippen molar-refractivity contribution in [1.29, 1.82) is 0 Å². The number of ketones is 1. The summed E-state index contributed by atoms with van der Waals surface area (Å²) in [6.45, 7) is 2.45. The Labute approximate surface area is 120 Å². The first-order valence-corrected chi connectivity index (χ1v) is 8.19. The maximum atomic E-state index is 11.6. The van der Waals surface area contributed by atoms with Crippen molar-refractivity contribution in [2.75, 3.05) is 0 Å². The van der Waals surface area contributed by atoms with Gasteiger partial charge in [-0.25, -0.2) is 0 Å². The van der Waals surface area contributed by atoms with Gasteiger partial charge in [-0.1, -0.05) is 25.5 Å². The predicted molar refractivity (Wildman–Crippen MR) is 78.1 cm³/mol. The molecule has 2 heteroatoms. The average molecular weight is 272 g/mol. The molecule has 4 aliphatic rings. The van der Waals surface area contributed by atoms with E-state index in [-0.39, 0.29) is 5.78 Å². The average Bonchev–Trinajstić information content (AvgIpc) is 2.81. The second kappa shape index (κ2) is 4.07. The second-order valence-electron chi connectivity index (χ2n) is 7.72. The van der Waals surface area contributed by atoms with Crippen LogP contribution in [0.4, 0.5) is 0 Å². The molecule has 0 spiro atoms. The molecule has 0 aromatic heterocycles. The van der Waals surface area contributed by atoms with E-state index >= 15 is 0 Å². The Bertz CT molecular complexity index is 518. The summed E-state index contributed by atoms with van der Waals surface area (Å²) in [6.07, 6.45) is 13.6. The number of rotatable bonds is 0. The van der Waals surface area contributed by atoms with Gasteiger partial charge >= 0.3 is 0 Å². The molecule has 108 valence electrons. The van der Waals surface area contributed by atoms with Gasteiger partial charge < -0.3 is 5.11 Å². The van der Waals surface area contributed by atoms with Gasteiger partial charge in [0.1, 0.15) is 0 Å². The standard InChI is InChI=1S/C18H24O2/c1-17-8-2-3-15(17)14-5-4-12-11-13(19)6-10-18(12,20)16(14)7-9-17/h4-5,11,14-16,20H,2-3,6-10H2,1H3/t14-,15-,16-,17-,18?/m0/s1. The molecule has 20 heavy (non-hydrogen) atoms. The van der Waals surface area contributed by atoms with Gasteiger partial charge in [0.25, 0.3) is 0 Å². The first-order chi connectivity index (χ1) is 9.53. The third-order valence-corrected chi connectivity index (χ3v) is 6.79. The highest BCUT2D eigenvalue weighted by Crippen LogP contribution is 2.61. The van der Waals surface area contributed by atoms with Crippen LogP contribution in [0.5, 0.6) is 0 Å². The molecule has 5 atom stereocenters. The molecule has 0 amide bonds. The number of carbonyl (C=O) groups is 1. The molecule has 0 aliphatic heterocycles. The van der Waals surface area contributed by atoms with Crippen molar-refractivity contribution < 1.29 is 9.90 Å². The van der Waals surface area contributed by atoms with E-state index in [9.17, 15) is 9.90 Å². The van der Waals surface area contributed by atoms with Crippen LogP contribution in [0.25, 0.3) is 0 Å². The summed E-state index contributed by atoms with van der Waals surface area (Å²) in [5, 5.41) is 11.2. The van der Waals surface area contributed by atoms with Crippen LogP contribution in [0.3, 0.4) is 0 Å². The lowest BCUT2D eigenvalue weighted by molar-refractivity contribution is -0.120. The number of hydrogen-bond acceptors (Lipinski definition) is 2. The van der Waals surface area contributed by atoms with Gasteiger partial charge in [0.05, 0.1) is 5.60 Å². The van der Waals surface area contributed by atoms with Crippen LogP contribution in [0.2, 0.25) is 0 Å². The van der Waals surface area contributed by atoms with Crippen LogP contribution in [-0.2, 0) is 4.79 Å². The molecular weight excluding hydrogens is 248 g/mol. The molecule has 0 bridgehead atoms. The number of hydrogen-bond donors (Lipinski definition) is 1. The van der Waals surface area contributed by atoms with Crippen molar-refractivity contribution in [3.05, 3.63) is 23.8 Å². The lowest BCUT2D eigenvalue weighted by Gasteiger charge is -2.53. The van der Waals surface area contributed by atoms with E-state index in [1.54, 1.807) is 6.08 Å². The van der Waals surface area contributed by atoms with Crippen molar-refractivity contribution in [3.8, 4) is 0 Å². The quantitative estimate of drug-likeness (QED) is 0.733. The summed E-state index contributed by atoms with van der Waals surface area (Å²) in [4.78, 5) is 11.6. The van der Waals surface area contributed by atoms with Gasteiger partial charge in [0.15, 0.2) is 5.78 Å². The van der Waals surface area contributed by atoms with Gasteiger partial charge in [-0.15, -0.1) is 0 Å². The smallest absolute Gasteiger partial charge is 0.156 e. The fourth-order valence-electron chi connectivity index (χ4n) is 5.65. The van der Waals surface area contributed by atoms with Crippen LogP contribution in [0.15, 0.2) is 23.8 Å². The molecule has 2 saturated carbocycles. The normalized spacial score (nSPS) is 50.2. The van der Waals surface area contributed by atoms with E-state index in [1.165, 1.54) is 25.7 Å². The first kappa shape index (κ1) is 12.8. The van der Waals surface area contributed by atoms with Crippen molar-refractivity contribution in [1.82, 2.24) is 0 Å². The van der Waals surface area contributed by atoms with Crippen molar-refractivity contribution in [2.45, 2.75) is 57.5 Å². The molecule has 2 nitrogen and oxygen atoms in total. The molecule has 0 radical (unpaired) electrons. The Hall–Kier alpha value is -0.890. The van der Waals surface area contributed by atoms with Gasteiger partial charge in [-0.2, -0.15) is 0 Å². The molecule has 0 aromatic rings. The highest BCUT2D eigenvalue weighted by atomic mass is 16.3. The molecule has 0 heterocycles. The molecule has 4 rings (SSSR count). The van der Waals surface area contributed by atoms with Crippen LogP contribution in [-0.4, -0.2) is 16.5 Å². The molecule has 1 unspecified atom stereocenters. The molecular formula is C18H24O2. The lowest BCUT2D eigenvalue weighted by atomic mass is 9.53. The Balaban J connectivity index is 1.76. The van der Waals surface area contributed by atoms with Crippen LogP contribution in [0.1, 0.15) is 51.9 Å². The van der Waals surface area contributed by atoms with Crippen molar-refractivity contribution in [3.63, 3.8) is 0 Å². The second-order valence-corrected chi connectivity index (χ2v) is 7.72.